The van der Waals surface area contributed by atoms with Gasteiger partial charge in [-0.1, -0.05) is 78.3 Å². The Morgan fingerprint density at radius 1 is 0.900 bits per heavy atom. The Kier molecular flexibility index (Phi) is 5.50. The van der Waals surface area contributed by atoms with Gasteiger partial charge in [0.25, 0.3) is 5.91 Å². The van der Waals surface area contributed by atoms with E-state index in [1.807, 2.05) is 36.4 Å². The minimum absolute atomic E-state index is 0.0401. The average Bonchev–Trinajstić information content (AvgIpc) is 3.04. The third-order valence-corrected chi connectivity index (χ3v) is 5.17. The molecular weight excluding hydrogens is 398 g/mol. The molecule has 5 heteroatoms. The number of benzene rings is 3. The molecule has 4 nitrogen and oxygen atoms in total. The number of para-hydroxylation sites is 1. The van der Waals surface area contributed by atoms with Gasteiger partial charge >= 0.3 is 0 Å². The first kappa shape index (κ1) is 19.7. The van der Waals surface area contributed by atoms with Crippen LogP contribution in [0.15, 0.2) is 102 Å². The smallest absolute Gasteiger partial charge is 0.294 e. The fourth-order valence-electron chi connectivity index (χ4n) is 3.50. The van der Waals surface area contributed by atoms with Gasteiger partial charge in [-0.15, -0.1) is 0 Å². The molecule has 0 bridgehead atoms. The van der Waals surface area contributed by atoms with Crippen LogP contribution in [-0.2, 0) is 9.59 Å². The molecule has 1 amide bonds. The summed E-state index contributed by atoms with van der Waals surface area (Å²) in [6.07, 6.45) is 3.04. The molecule has 0 saturated carbocycles. The zero-order chi connectivity index (χ0) is 21.1. The highest BCUT2D eigenvalue weighted by Gasteiger charge is 2.43. The summed E-state index contributed by atoms with van der Waals surface area (Å²) in [5.74, 6) is -1.58. The number of amides is 1. The van der Waals surface area contributed by atoms with E-state index in [1.165, 1.54) is 11.0 Å². The van der Waals surface area contributed by atoms with Crippen LogP contribution < -0.4 is 4.90 Å². The predicted molar refractivity (Wildman–Crippen MR) is 118 cm³/mol. The third-order valence-electron chi connectivity index (χ3n) is 4.92. The second-order valence-corrected chi connectivity index (χ2v) is 7.27. The number of carbonyl (C=O) groups excluding carboxylic acids is 2. The van der Waals surface area contributed by atoms with Gasteiger partial charge in [0.05, 0.1) is 11.6 Å². The number of halogens is 1. The first-order valence-electron chi connectivity index (χ1n) is 9.41. The van der Waals surface area contributed by atoms with Crippen LogP contribution in [0.1, 0.15) is 17.2 Å². The van der Waals surface area contributed by atoms with E-state index in [4.69, 9.17) is 11.6 Å². The number of carbonyl (C=O) groups is 2. The number of ketones is 1. The first-order valence-corrected chi connectivity index (χ1v) is 9.78. The molecule has 148 valence electrons. The van der Waals surface area contributed by atoms with Crippen molar-refractivity contribution in [1.82, 2.24) is 0 Å². The second kappa shape index (κ2) is 8.39. The number of rotatable bonds is 5. The molecule has 3 aromatic carbocycles. The minimum atomic E-state index is -0.759. The Hall–Kier alpha value is -3.63. The van der Waals surface area contributed by atoms with Gasteiger partial charge in [-0.05, 0) is 41.5 Å². The van der Waals surface area contributed by atoms with Crippen LogP contribution in [0.25, 0.3) is 6.08 Å². The highest BCUT2D eigenvalue weighted by atomic mass is 35.5. The SMILES string of the molecule is O=C(/C=C\c1ccccc1)C1=C(O)C(=O)N(c2ccccc2)[C@H]1c1ccc(Cl)cc1. The van der Waals surface area contributed by atoms with Gasteiger partial charge in [0.2, 0.25) is 0 Å². The largest absolute Gasteiger partial charge is 0.503 e. The van der Waals surface area contributed by atoms with Gasteiger partial charge in [0, 0.05) is 10.7 Å². The Balaban J connectivity index is 1.78. The molecule has 0 unspecified atom stereocenters. The van der Waals surface area contributed by atoms with E-state index >= 15 is 0 Å². The molecule has 0 spiro atoms. The summed E-state index contributed by atoms with van der Waals surface area (Å²) in [5, 5.41) is 11.2. The Morgan fingerprint density at radius 2 is 1.50 bits per heavy atom. The Labute approximate surface area is 179 Å². The van der Waals surface area contributed by atoms with E-state index in [9.17, 15) is 14.7 Å². The lowest BCUT2D eigenvalue weighted by molar-refractivity contribution is -0.117. The summed E-state index contributed by atoms with van der Waals surface area (Å²) >= 11 is 6.03. The summed E-state index contributed by atoms with van der Waals surface area (Å²) in [5.41, 5.74) is 2.15. The van der Waals surface area contributed by atoms with Crippen LogP contribution >= 0.6 is 11.6 Å². The fraction of sp³-hybridized carbons (Fsp3) is 0.0400. The lowest BCUT2D eigenvalue weighted by atomic mass is 9.95. The van der Waals surface area contributed by atoms with Gasteiger partial charge in [0.15, 0.2) is 11.5 Å². The van der Waals surface area contributed by atoms with Crippen molar-refractivity contribution in [2.24, 2.45) is 0 Å². The van der Waals surface area contributed by atoms with Gasteiger partial charge in [-0.25, -0.2) is 0 Å². The highest BCUT2D eigenvalue weighted by molar-refractivity contribution is 6.30. The Bertz CT molecular complexity index is 1140. The van der Waals surface area contributed by atoms with Gasteiger partial charge in [-0.2, -0.15) is 0 Å². The van der Waals surface area contributed by atoms with Crippen molar-refractivity contribution in [2.45, 2.75) is 6.04 Å². The van der Waals surface area contributed by atoms with Crippen molar-refractivity contribution < 1.29 is 14.7 Å². The van der Waals surface area contributed by atoms with E-state index in [-0.39, 0.29) is 5.57 Å². The molecule has 0 aliphatic carbocycles. The normalized spacial score (nSPS) is 16.5. The molecule has 1 aliphatic rings. The van der Waals surface area contributed by atoms with Crippen molar-refractivity contribution in [2.75, 3.05) is 4.90 Å². The molecule has 0 aromatic heterocycles. The maximum Gasteiger partial charge on any atom is 0.294 e. The molecule has 4 rings (SSSR count). The average molecular weight is 416 g/mol. The maximum atomic E-state index is 13.1. The van der Waals surface area contributed by atoms with Crippen molar-refractivity contribution in [3.8, 4) is 0 Å². The maximum absolute atomic E-state index is 13.1. The summed E-state index contributed by atoms with van der Waals surface area (Å²) in [6.45, 7) is 0. The molecule has 0 radical (unpaired) electrons. The van der Waals surface area contributed by atoms with E-state index in [1.54, 1.807) is 54.6 Å². The van der Waals surface area contributed by atoms with E-state index in [2.05, 4.69) is 0 Å². The highest BCUT2D eigenvalue weighted by Crippen LogP contribution is 2.41. The van der Waals surface area contributed by atoms with E-state index in [0.29, 0.717) is 16.3 Å². The van der Waals surface area contributed by atoms with Crippen LogP contribution in [-0.4, -0.2) is 16.8 Å². The number of hydrogen-bond donors (Lipinski definition) is 1. The fourth-order valence-corrected chi connectivity index (χ4v) is 3.62. The Morgan fingerprint density at radius 3 is 2.13 bits per heavy atom. The molecule has 1 heterocycles. The van der Waals surface area contributed by atoms with Crippen molar-refractivity contribution in [3.63, 3.8) is 0 Å². The number of hydrogen-bond acceptors (Lipinski definition) is 3. The lowest BCUT2D eigenvalue weighted by Gasteiger charge is -2.26. The number of nitrogens with zero attached hydrogens (tertiary/aromatic N) is 1. The minimum Gasteiger partial charge on any atom is -0.503 e. The molecular formula is C25H18ClNO3. The van der Waals surface area contributed by atoms with Crippen LogP contribution in [0.4, 0.5) is 5.69 Å². The molecule has 0 fully saturated rings. The zero-order valence-corrected chi connectivity index (χ0v) is 16.7. The number of allylic oxidation sites excluding steroid dienone is 1. The van der Waals surface area contributed by atoms with E-state index < -0.39 is 23.5 Å². The summed E-state index contributed by atoms with van der Waals surface area (Å²) < 4.78 is 0. The molecule has 1 aliphatic heterocycles. The van der Waals surface area contributed by atoms with E-state index in [0.717, 1.165) is 5.56 Å². The van der Waals surface area contributed by atoms with Gasteiger partial charge < -0.3 is 5.11 Å². The van der Waals surface area contributed by atoms with Crippen molar-refractivity contribution >= 4 is 35.1 Å². The van der Waals surface area contributed by atoms with Crippen molar-refractivity contribution in [3.05, 3.63) is 118 Å². The lowest BCUT2D eigenvalue weighted by Crippen LogP contribution is -2.30. The summed E-state index contributed by atoms with van der Waals surface area (Å²) in [6, 6.07) is 24.5. The first-order chi connectivity index (χ1) is 14.6. The zero-order valence-electron chi connectivity index (χ0n) is 15.9. The molecule has 3 aromatic rings. The summed E-state index contributed by atoms with van der Waals surface area (Å²) in [4.78, 5) is 27.5. The number of aliphatic hydroxyl groups is 1. The topological polar surface area (TPSA) is 57.6 Å². The monoisotopic (exact) mass is 415 g/mol. The quantitative estimate of drug-likeness (QED) is 0.558. The van der Waals surface area contributed by atoms with Gasteiger partial charge in [-0.3, -0.25) is 14.5 Å². The predicted octanol–water partition coefficient (Wildman–Crippen LogP) is 5.52. The van der Waals surface area contributed by atoms with Crippen LogP contribution in [0, 0.1) is 0 Å². The second-order valence-electron chi connectivity index (χ2n) is 6.84. The summed E-state index contributed by atoms with van der Waals surface area (Å²) in [7, 11) is 0. The number of aliphatic hydroxyl groups excluding tert-OH is 1. The van der Waals surface area contributed by atoms with Crippen LogP contribution in [0.5, 0.6) is 0 Å². The molecule has 1 atom stereocenters. The third kappa shape index (κ3) is 3.78. The van der Waals surface area contributed by atoms with Crippen LogP contribution in [0.2, 0.25) is 5.02 Å². The number of anilines is 1. The molecule has 1 N–H and O–H groups in total. The van der Waals surface area contributed by atoms with Crippen molar-refractivity contribution in [1.29, 1.82) is 0 Å². The van der Waals surface area contributed by atoms with Gasteiger partial charge in [0.1, 0.15) is 0 Å². The molecule has 0 saturated heterocycles. The molecule has 30 heavy (non-hydrogen) atoms. The standard InChI is InChI=1S/C25H18ClNO3/c26-19-14-12-18(13-15-19)23-22(21(28)16-11-17-7-3-1-4-8-17)24(29)25(30)27(23)20-9-5-2-6-10-20/h1-16,23,29H/b16-11-/t23-/m0/s1. The van der Waals surface area contributed by atoms with Crippen LogP contribution in [0.3, 0.4) is 0 Å².